The second-order valence-electron chi connectivity index (χ2n) is 5.50. The molecule has 0 spiro atoms. The highest BCUT2D eigenvalue weighted by molar-refractivity contribution is 5.87. The number of ether oxygens (including phenoxy) is 1. The minimum absolute atomic E-state index is 0.132. The molecule has 6 heteroatoms. The lowest BCUT2D eigenvalue weighted by Crippen LogP contribution is -2.08. The van der Waals surface area contributed by atoms with Gasteiger partial charge < -0.3 is 4.74 Å². The van der Waals surface area contributed by atoms with Gasteiger partial charge in [0.15, 0.2) is 5.69 Å². The van der Waals surface area contributed by atoms with Crippen LogP contribution >= 0.6 is 0 Å². The first-order valence-electron chi connectivity index (χ1n) is 7.45. The highest BCUT2D eigenvalue weighted by Gasteiger charge is 2.13. The van der Waals surface area contributed by atoms with Gasteiger partial charge >= 0.3 is 5.97 Å². The van der Waals surface area contributed by atoms with Crippen molar-refractivity contribution in [3.63, 3.8) is 0 Å². The highest BCUT2D eigenvalue weighted by atomic mass is 16.5. The summed E-state index contributed by atoms with van der Waals surface area (Å²) in [5, 5.41) is 11.3. The van der Waals surface area contributed by atoms with Gasteiger partial charge in [0.2, 0.25) is 0 Å². The third kappa shape index (κ3) is 3.48. The summed E-state index contributed by atoms with van der Waals surface area (Å²) >= 11 is 0. The van der Waals surface area contributed by atoms with Crippen LogP contribution in [0.4, 0.5) is 0 Å². The summed E-state index contributed by atoms with van der Waals surface area (Å²) in [5.41, 5.74) is 2.87. The van der Waals surface area contributed by atoms with E-state index in [9.17, 15) is 4.79 Å². The summed E-state index contributed by atoms with van der Waals surface area (Å²) in [5.74, 6) is -0.444. The number of nitrogens with zero attached hydrogens (tertiary/aromatic N) is 3. The van der Waals surface area contributed by atoms with Crippen LogP contribution in [0.2, 0.25) is 0 Å². The molecule has 0 amide bonds. The zero-order valence-electron chi connectivity index (χ0n) is 13.1. The molecule has 0 saturated heterocycles. The number of hydrogen-bond acceptors (Lipinski definition) is 4. The van der Waals surface area contributed by atoms with Gasteiger partial charge in [0.1, 0.15) is 6.61 Å². The maximum absolute atomic E-state index is 12.0. The monoisotopic (exact) mass is 310 g/mol. The first kappa shape index (κ1) is 15.0. The molecule has 2 aromatic heterocycles. The Kier molecular flexibility index (Phi) is 4.23. The molecule has 0 aliphatic carbocycles. The van der Waals surface area contributed by atoms with E-state index in [0.29, 0.717) is 5.69 Å². The van der Waals surface area contributed by atoms with Gasteiger partial charge in [-0.3, -0.25) is 9.78 Å². The summed E-state index contributed by atoms with van der Waals surface area (Å²) in [6, 6.07) is 13.5. The Bertz CT molecular complexity index is 790. The van der Waals surface area contributed by atoms with E-state index in [4.69, 9.17) is 4.74 Å². The fourth-order valence-corrected chi connectivity index (χ4v) is 2.14. The largest absolute Gasteiger partial charge is 0.454 e. The SMILES string of the molecule is CC(C)n1ccc(C(=O)OCc2cc(-c3ccccc3)n[nH]2)n1. The molecule has 118 valence electrons. The van der Waals surface area contributed by atoms with Crippen molar-refractivity contribution in [2.75, 3.05) is 0 Å². The lowest BCUT2D eigenvalue weighted by atomic mass is 10.1. The minimum atomic E-state index is -0.444. The summed E-state index contributed by atoms with van der Waals surface area (Å²) in [4.78, 5) is 12.0. The fourth-order valence-electron chi connectivity index (χ4n) is 2.14. The lowest BCUT2D eigenvalue weighted by molar-refractivity contribution is 0.0459. The van der Waals surface area contributed by atoms with Crippen LogP contribution in [0.25, 0.3) is 11.3 Å². The van der Waals surface area contributed by atoms with Gasteiger partial charge in [0.25, 0.3) is 0 Å². The first-order chi connectivity index (χ1) is 11.1. The number of rotatable bonds is 5. The molecule has 0 fully saturated rings. The van der Waals surface area contributed by atoms with Crippen LogP contribution in [0, 0.1) is 0 Å². The third-order valence-corrected chi connectivity index (χ3v) is 3.41. The smallest absolute Gasteiger partial charge is 0.359 e. The molecule has 6 nitrogen and oxygen atoms in total. The Hall–Kier alpha value is -2.89. The second-order valence-corrected chi connectivity index (χ2v) is 5.50. The Morgan fingerprint density at radius 3 is 2.74 bits per heavy atom. The zero-order valence-corrected chi connectivity index (χ0v) is 13.1. The van der Waals surface area contributed by atoms with Crippen LogP contribution in [-0.4, -0.2) is 25.9 Å². The van der Waals surface area contributed by atoms with Gasteiger partial charge in [-0.15, -0.1) is 0 Å². The number of aromatic nitrogens is 4. The predicted octanol–water partition coefficient (Wildman–Crippen LogP) is 3.21. The Morgan fingerprint density at radius 2 is 2.04 bits per heavy atom. The number of carbonyl (C=O) groups excluding carboxylic acids is 1. The Balaban J connectivity index is 1.62. The van der Waals surface area contributed by atoms with E-state index in [-0.39, 0.29) is 12.6 Å². The zero-order chi connectivity index (χ0) is 16.2. The van der Waals surface area contributed by atoms with Crippen molar-refractivity contribution in [2.24, 2.45) is 0 Å². The summed E-state index contributed by atoms with van der Waals surface area (Å²) in [6.45, 7) is 4.13. The molecule has 0 unspecified atom stereocenters. The average molecular weight is 310 g/mol. The van der Waals surface area contributed by atoms with E-state index in [0.717, 1.165) is 17.0 Å². The van der Waals surface area contributed by atoms with Crippen molar-refractivity contribution >= 4 is 5.97 Å². The predicted molar refractivity (Wildman–Crippen MR) is 85.8 cm³/mol. The Labute approximate surface area is 134 Å². The van der Waals surface area contributed by atoms with Crippen LogP contribution in [0.5, 0.6) is 0 Å². The molecule has 3 aromatic rings. The molecule has 0 atom stereocenters. The number of esters is 1. The van der Waals surface area contributed by atoms with Gasteiger partial charge in [-0.05, 0) is 26.0 Å². The maximum Gasteiger partial charge on any atom is 0.359 e. The normalized spacial score (nSPS) is 10.9. The molecule has 0 saturated carbocycles. The van der Waals surface area contributed by atoms with Crippen molar-refractivity contribution in [2.45, 2.75) is 26.5 Å². The number of carbonyl (C=O) groups is 1. The standard InChI is InChI=1S/C17H18N4O2/c1-12(2)21-9-8-15(20-21)17(22)23-11-14-10-16(19-18-14)13-6-4-3-5-7-13/h3-10,12H,11H2,1-2H3,(H,18,19). The average Bonchev–Trinajstić information content (AvgIpc) is 3.23. The number of aromatic amines is 1. The molecule has 0 radical (unpaired) electrons. The van der Waals surface area contributed by atoms with E-state index in [1.807, 2.05) is 50.2 Å². The van der Waals surface area contributed by atoms with Crippen LogP contribution in [0.3, 0.4) is 0 Å². The van der Waals surface area contributed by atoms with Crippen molar-refractivity contribution in [1.29, 1.82) is 0 Å². The van der Waals surface area contributed by atoms with E-state index >= 15 is 0 Å². The van der Waals surface area contributed by atoms with Gasteiger partial charge in [-0.25, -0.2) is 4.79 Å². The van der Waals surface area contributed by atoms with E-state index in [1.165, 1.54) is 0 Å². The molecule has 0 aliphatic heterocycles. The summed E-state index contributed by atoms with van der Waals surface area (Å²) < 4.78 is 6.99. The molecule has 0 aliphatic rings. The van der Waals surface area contributed by atoms with E-state index in [1.54, 1.807) is 16.9 Å². The molecule has 23 heavy (non-hydrogen) atoms. The number of H-pyrrole nitrogens is 1. The maximum atomic E-state index is 12.0. The molecule has 3 rings (SSSR count). The van der Waals surface area contributed by atoms with Crippen molar-refractivity contribution < 1.29 is 9.53 Å². The number of benzene rings is 1. The molecular weight excluding hydrogens is 292 g/mol. The molecule has 0 bridgehead atoms. The summed E-state index contributed by atoms with van der Waals surface area (Å²) in [7, 11) is 0. The quantitative estimate of drug-likeness (QED) is 0.734. The minimum Gasteiger partial charge on any atom is -0.454 e. The fraction of sp³-hybridized carbons (Fsp3) is 0.235. The number of nitrogens with one attached hydrogen (secondary N) is 1. The molecular formula is C17H18N4O2. The lowest BCUT2D eigenvalue weighted by Gasteiger charge is -2.04. The second kappa shape index (κ2) is 6.48. The van der Waals surface area contributed by atoms with E-state index < -0.39 is 5.97 Å². The van der Waals surface area contributed by atoms with Crippen molar-refractivity contribution in [3.8, 4) is 11.3 Å². The van der Waals surface area contributed by atoms with Crippen LogP contribution in [0.15, 0.2) is 48.7 Å². The van der Waals surface area contributed by atoms with Crippen molar-refractivity contribution in [3.05, 3.63) is 60.0 Å². The van der Waals surface area contributed by atoms with Gasteiger partial charge in [-0.2, -0.15) is 10.2 Å². The highest BCUT2D eigenvalue weighted by Crippen LogP contribution is 2.17. The third-order valence-electron chi connectivity index (χ3n) is 3.41. The van der Waals surface area contributed by atoms with Crippen LogP contribution in [0.1, 0.15) is 36.1 Å². The van der Waals surface area contributed by atoms with E-state index in [2.05, 4.69) is 15.3 Å². The number of hydrogen-bond donors (Lipinski definition) is 1. The molecule has 1 N–H and O–H groups in total. The van der Waals surface area contributed by atoms with Gasteiger partial charge in [0.05, 0.1) is 11.4 Å². The van der Waals surface area contributed by atoms with Crippen LogP contribution < -0.4 is 0 Å². The van der Waals surface area contributed by atoms with Gasteiger partial charge in [-0.1, -0.05) is 30.3 Å². The summed E-state index contributed by atoms with van der Waals surface area (Å²) in [6.07, 6.45) is 1.77. The Morgan fingerprint density at radius 1 is 1.26 bits per heavy atom. The molecule has 2 heterocycles. The first-order valence-corrected chi connectivity index (χ1v) is 7.45. The van der Waals surface area contributed by atoms with Gasteiger partial charge in [0, 0.05) is 17.8 Å². The van der Waals surface area contributed by atoms with Crippen LogP contribution in [-0.2, 0) is 11.3 Å². The topological polar surface area (TPSA) is 72.8 Å². The molecule has 1 aromatic carbocycles. The van der Waals surface area contributed by atoms with Crippen molar-refractivity contribution in [1.82, 2.24) is 20.0 Å².